The molecule has 3 aromatic carbocycles. The minimum absolute atomic E-state index is 0.231. The number of nitrogens with one attached hydrogen (secondary N) is 1. The number of carbonyl (C=O) groups excluding carboxylic acids is 1. The van der Waals surface area contributed by atoms with Crippen LogP contribution in [0.4, 0.5) is 5.69 Å². The highest BCUT2D eigenvalue weighted by Gasteiger charge is 2.17. The van der Waals surface area contributed by atoms with Crippen molar-refractivity contribution in [3.05, 3.63) is 65.7 Å². The van der Waals surface area contributed by atoms with Gasteiger partial charge in [0.1, 0.15) is 11.5 Å². The number of aryl methyl sites for hydroxylation is 1. The van der Waals surface area contributed by atoms with E-state index in [0.29, 0.717) is 22.7 Å². The second-order valence-electron chi connectivity index (χ2n) is 5.47. The fourth-order valence-electron chi connectivity index (χ4n) is 2.79. The predicted molar refractivity (Wildman–Crippen MR) is 96.2 cm³/mol. The molecule has 0 saturated heterocycles. The quantitative estimate of drug-likeness (QED) is 0.774. The first-order valence-corrected chi connectivity index (χ1v) is 7.66. The zero-order valence-corrected chi connectivity index (χ0v) is 13.9. The molecular weight excluding hydrogens is 302 g/mol. The molecule has 0 radical (unpaired) electrons. The molecule has 0 fully saturated rings. The second-order valence-corrected chi connectivity index (χ2v) is 5.47. The molecule has 3 rings (SSSR count). The van der Waals surface area contributed by atoms with E-state index in [4.69, 9.17) is 9.47 Å². The molecule has 0 spiro atoms. The van der Waals surface area contributed by atoms with Crippen molar-refractivity contribution in [2.45, 2.75) is 6.92 Å². The molecule has 1 amide bonds. The van der Waals surface area contributed by atoms with Gasteiger partial charge in [-0.15, -0.1) is 0 Å². The van der Waals surface area contributed by atoms with Crippen molar-refractivity contribution in [3.8, 4) is 11.5 Å². The van der Waals surface area contributed by atoms with Gasteiger partial charge in [-0.2, -0.15) is 0 Å². The van der Waals surface area contributed by atoms with E-state index in [1.54, 1.807) is 20.3 Å². The molecule has 0 atom stereocenters. The number of para-hydroxylation sites is 1. The molecule has 0 unspecified atom stereocenters. The molecule has 24 heavy (non-hydrogen) atoms. The Bertz CT molecular complexity index is 903. The smallest absolute Gasteiger partial charge is 0.259 e. The summed E-state index contributed by atoms with van der Waals surface area (Å²) in [5.74, 6) is 0.964. The number of hydrogen-bond donors (Lipinski definition) is 1. The van der Waals surface area contributed by atoms with Crippen molar-refractivity contribution in [3.63, 3.8) is 0 Å². The number of methoxy groups -OCH3 is 2. The third kappa shape index (κ3) is 2.78. The van der Waals surface area contributed by atoms with Gasteiger partial charge in [0.15, 0.2) is 0 Å². The van der Waals surface area contributed by atoms with Crippen molar-refractivity contribution in [1.82, 2.24) is 0 Å². The third-order valence-corrected chi connectivity index (χ3v) is 4.02. The first-order valence-electron chi connectivity index (χ1n) is 7.66. The van der Waals surface area contributed by atoms with Crippen molar-refractivity contribution in [2.24, 2.45) is 0 Å². The number of amides is 1. The van der Waals surface area contributed by atoms with Crippen LogP contribution >= 0.6 is 0 Å². The Morgan fingerprint density at radius 2 is 1.71 bits per heavy atom. The van der Waals surface area contributed by atoms with Gasteiger partial charge in [0.05, 0.1) is 25.5 Å². The summed E-state index contributed by atoms with van der Waals surface area (Å²) in [4.78, 5) is 12.8. The monoisotopic (exact) mass is 321 g/mol. The summed E-state index contributed by atoms with van der Waals surface area (Å²) in [6.07, 6.45) is 0. The molecule has 4 nitrogen and oxygen atoms in total. The molecule has 4 heteroatoms. The normalized spacial score (nSPS) is 10.5. The Labute approximate surface area is 141 Å². The Kier molecular flexibility index (Phi) is 4.38. The fourth-order valence-corrected chi connectivity index (χ4v) is 2.79. The molecule has 0 aliphatic heterocycles. The van der Waals surface area contributed by atoms with E-state index in [0.717, 1.165) is 16.3 Å². The number of anilines is 1. The van der Waals surface area contributed by atoms with Crippen LogP contribution in [-0.4, -0.2) is 20.1 Å². The maximum atomic E-state index is 12.8. The first kappa shape index (κ1) is 15.9. The van der Waals surface area contributed by atoms with E-state index in [9.17, 15) is 4.79 Å². The summed E-state index contributed by atoms with van der Waals surface area (Å²) in [6.45, 7) is 1.93. The van der Waals surface area contributed by atoms with Gasteiger partial charge in [0.25, 0.3) is 5.91 Å². The molecule has 0 bridgehead atoms. The molecule has 0 aliphatic rings. The number of carbonyl (C=O) groups is 1. The van der Waals surface area contributed by atoms with Gasteiger partial charge in [-0.25, -0.2) is 0 Å². The Morgan fingerprint density at radius 1 is 0.917 bits per heavy atom. The highest BCUT2D eigenvalue weighted by molar-refractivity contribution is 6.10. The zero-order valence-electron chi connectivity index (χ0n) is 13.9. The Hall–Kier alpha value is -3.01. The SMILES string of the molecule is COc1cccc(C)c1NC(=O)c1ccc2ccccc2c1OC. The largest absolute Gasteiger partial charge is 0.495 e. The summed E-state index contributed by atoms with van der Waals surface area (Å²) < 4.78 is 10.9. The number of benzene rings is 3. The van der Waals surface area contributed by atoms with Gasteiger partial charge in [0, 0.05) is 5.39 Å². The Balaban J connectivity index is 2.04. The maximum Gasteiger partial charge on any atom is 0.259 e. The average Bonchev–Trinajstić information content (AvgIpc) is 2.62. The summed E-state index contributed by atoms with van der Waals surface area (Å²) >= 11 is 0. The van der Waals surface area contributed by atoms with E-state index >= 15 is 0 Å². The number of fused-ring (bicyclic) bond motifs is 1. The van der Waals surface area contributed by atoms with Crippen LogP contribution in [0.2, 0.25) is 0 Å². The van der Waals surface area contributed by atoms with E-state index < -0.39 is 0 Å². The Morgan fingerprint density at radius 3 is 2.46 bits per heavy atom. The lowest BCUT2D eigenvalue weighted by atomic mass is 10.0. The molecule has 0 aromatic heterocycles. The van der Waals surface area contributed by atoms with E-state index in [2.05, 4.69) is 5.32 Å². The molecular formula is C20H19NO3. The van der Waals surface area contributed by atoms with Gasteiger partial charge in [-0.1, -0.05) is 42.5 Å². The highest BCUT2D eigenvalue weighted by atomic mass is 16.5. The predicted octanol–water partition coefficient (Wildman–Crippen LogP) is 4.42. The molecule has 0 aliphatic carbocycles. The summed E-state index contributed by atoms with van der Waals surface area (Å²) in [7, 11) is 3.16. The summed E-state index contributed by atoms with van der Waals surface area (Å²) in [5.41, 5.74) is 2.09. The van der Waals surface area contributed by atoms with Gasteiger partial charge >= 0.3 is 0 Å². The number of hydrogen-bond acceptors (Lipinski definition) is 3. The zero-order chi connectivity index (χ0) is 17.1. The van der Waals surface area contributed by atoms with Crippen molar-refractivity contribution < 1.29 is 14.3 Å². The van der Waals surface area contributed by atoms with Crippen molar-refractivity contribution in [2.75, 3.05) is 19.5 Å². The fraction of sp³-hybridized carbons (Fsp3) is 0.150. The van der Waals surface area contributed by atoms with Crippen LogP contribution in [0.5, 0.6) is 11.5 Å². The number of ether oxygens (including phenoxy) is 2. The van der Waals surface area contributed by atoms with Gasteiger partial charge in [-0.3, -0.25) is 4.79 Å². The van der Waals surface area contributed by atoms with Crippen LogP contribution in [-0.2, 0) is 0 Å². The van der Waals surface area contributed by atoms with Gasteiger partial charge < -0.3 is 14.8 Å². The number of rotatable bonds is 4. The van der Waals surface area contributed by atoms with Crippen LogP contribution in [0.25, 0.3) is 10.8 Å². The van der Waals surface area contributed by atoms with Crippen LogP contribution < -0.4 is 14.8 Å². The lowest BCUT2D eigenvalue weighted by Crippen LogP contribution is -2.15. The van der Waals surface area contributed by atoms with Crippen LogP contribution in [0.3, 0.4) is 0 Å². The molecule has 3 aromatic rings. The van der Waals surface area contributed by atoms with Crippen molar-refractivity contribution in [1.29, 1.82) is 0 Å². The van der Waals surface area contributed by atoms with E-state index in [-0.39, 0.29) is 5.91 Å². The van der Waals surface area contributed by atoms with Crippen LogP contribution in [0.1, 0.15) is 15.9 Å². The standard InChI is InChI=1S/C20H19NO3/c1-13-7-6-10-17(23-2)18(13)21-20(22)16-12-11-14-8-4-5-9-15(14)19(16)24-3/h4-12H,1-3H3,(H,21,22). The van der Waals surface area contributed by atoms with Crippen LogP contribution in [0, 0.1) is 6.92 Å². The van der Waals surface area contributed by atoms with E-state index in [1.165, 1.54) is 0 Å². The molecule has 0 saturated carbocycles. The maximum absolute atomic E-state index is 12.8. The average molecular weight is 321 g/mol. The second kappa shape index (κ2) is 6.62. The van der Waals surface area contributed by atoms with Crippen molar-refractivity contribution >= 4 is 22.4 Å². The lowest BCUT2D eigenvalue weighted by molar-refractivity contribution is 0.102. The minimum atomic E-state index is -0.231. The van der Waals surface area contributed by atoms with Gasteiger partial charge in [0.2, 0.25) is 0 Å². The molecule has 1 N–H and O–H groups in total. The molecule has 0 heterocycles. The lowest BCUT2D eigenvalue weighted by Gasteiger charge is -2.15. The van der Waals surface area contributed by atoms with Crippen LogP contribution in [0.15, 0.2) is 54.6 Å². The van der Waals surface area contributed by atoms with Gasteiger partial charge in [-0.05, 0) is 30.0 Å². The summed E-state index contributed by atoms with van der Waals surface area (Å²) in [6, 6.07) is 17.2. The molecule has 122 valence electrons. The minimum Gasteiger partial charge on any atom is -0.495 e. The summed E-state index contributed by atoms with van der Waals surface area (Å²) in [5, 5.41) is 4.88. The highest BCUT2D eigenvalue weighted by Crippen LogP contribution is 2.32. The third-order valence-electron chi connectivity index (χ3n) is 4.02. The van der Waals surface area contributed by atoms with E-state index in [1.807, 2.05) is 55.5 Å². The topological polar surface area (TPSA) is 47.6 Å². The first-order chi connectivity index (χ1) is 11.7.